The van der Waals surface area contributed by atoms with Crippen molar-refractivity contribution in [2.45, 2.75) is 44.6 Å². The van der Waals surface area contributed by atoms with E-state index in [1.807, 2.05) is 11.8 Å². The van der Waals surface area contributed by atoms with E-state index in [1.54, 1.807) is 0 Å². The number of hydrogen-bond donors (Lipinski definition) is 1. The van der Waals surface area contributed by atoms with Crippen LogP contribution >= 0.6 is 11.8 Å². The topological polar surface area (TPSA) is 12.0 Å². The third kappa shape index (κ3) is 4.28. The maximum atomic E-state index is 3.64. The quantitative estimate of drug-likeness (QED) is 0.647. The largest absolute Gasteiger partial charge is 0.378 e. The molecule has 0 spiro atoms. The fraction of sp³-hybridized carbons (Fsp3) is 0.368. The summed E-state index contributed by atoms with van der Waals surface area (Å²) in [7, 11) is 0. The lowest BCUT2D eigenvalue weighted by atomic mass is 9.99. The molecule has 0 fully saturated rings. The molecule has 112 valence electrons. The molecule has 0 saturated carbocycles. The standard InChI is InChI=1S/C19H25NS/c1-5-21-19-9-7-6-8-18(19)20-15(4)17-12-10-16(11-13-17)14(2)3/h6-15,20H,5H2,1-4H3. The van der Waals surface area contributed by atoms with Gasteiger partial charge in [0.15, 0.2) is 0 Å². The molecule has 21 heavy (non-hydrogen) atoms. The van der Waals surface area contributed by atoms with Crippen molar-refractivity contribution in [1.82, 2.24) is 0 Å². The molecule has 0 saturated heterocycles. The molecule has 1 unspecified atom stereocenters. The Balaban J connectivity index is 2.12. The van der Waals surface area contributed by atoms with Crippen molar-refractivity contribution in [3.63, 3.8) is 0 Å². The predicted octanol–water partition coefficient (Wildman–Crippen LogP) is 6.10. The van der Waals surface area contributed by atoms with E-state index in [2.05, 4.69) is 81.5 Å². The molecule has 0 aliphatic heterocycles. The SMILES string of the molecule is CCSc1ccccc1NC(C)c1ccc(C(C)C)cc1. The zero-order valence-electron chi connectivity index (χ0n) is 13.4. The monoisotopic (exact) mass is 299 g/mol. The maximum Gasteiger partial charge on any atom is 0.0486 e. The van der Waals surface area contributed by atoms with Gasteiger partial charge in [0.2, 0.25) is 0 Å². The lowest BCUT2D eigenvalue weighted by Gasteiger charge is -2.19. The van der Waals surface area contributed by atoms with E-state index >= 15 is 0 Å². The molecule has 0 aliphatic rings. The van der Waals surface area contributed by atoms with Crippen LogP contribution in [-0.2, 0) is 0 Å². The minimum Gasteiger partial charge on any atom is -0.378 e. The molecule has 2 aromatic rings. The molecule has 2 rings (SSSR count). The van der Waals surface area contributed by atoms with Crippen LogP contribution in [0.3, 0.4) is 0 Å². The van der Waals surface area contributed by atoms with Gasteiger partial charge in [-0.3, -0.25) is 0 Å². The van der Waals surface area contributed by atoms with Crippen molar-refractivity contribution in [3.05, 3.63) is 59.7 Å². The first kappa shape index (κ1) is 16.0. The van der Waals surface area contributed by atoms with Crippen LogP contribution < -0.4 is 5.32 Å². The highest BCUT2D eigenvalue weighted by Gasteiger charge is 2.09. The van der Waals surface area contributed by atoms with E-state index in [4.69, 9.17) is 0 Å². The van der Waals surface area contributed by atoms with Crippen LogP contribution in [0.1, 0.15) is 50.8 Å². The Morgan fingerprint density at radius 3 is 2.14 bits per heavy atom. The summed E-state index contributed by atoms with van der Waals surface area (Å²) < 4.78 is 0. The molecular weight excluding hydrogens is 274 g/mol. The molecular formula is C19H25NS. The molecule has 1 atom stereocenters. The van der Waals surface area contributed by atoms with Crippen LogP contribution in [0.15, 0.2) is 53.4 Å². The normalized spacial score (nSPS) is 12.4. The summed E-state index contributed by atoms with van der Waals surface area (Å²) in [6.07, 6.45) is 0. The second-order valence-electron chi connectivity index (χ2n) is 5.62. The Morgan fingerprint density at radius 1 is 0.905 bits per heavy atom. The van der Waals surface area contributed by atoms with Gasteiger partial charge in [0.25, 0.3) is 0 Å². The van der Waals surface area contributed by atoms with Gasteiger partial charge in [-0.05, 0) is 41.9 Å². The summed E-state index contributed by atoms with van der Waals surface area (Å²) in [6.45, 7) is 8.87. The van der Waals surface area contributed by atoms with Crippen LogP contribution in [0.5, 0.6) is 0 Å². The second kappa shape index (κ2) is 7.56. The van der Waals surface area contributed by atoms with Gasteiger partial charge in [0.05, 0.1) is 0 Å². The Labute approximate surface area is 133 Å². The molecule has 0 heterocycles. The fourth-order valence-corrected chi connectivity index (χ4v) is 3.12. The average Bonchev–Trinajstić information content (AvgIpc) is 2.49. The fourth-order valence-electron chi connectivity index (χ4n) is 2.35. The molecule has 0 bridgehead atoms. The molecule has 1 nitrogen and oxygen atoms in total. The third-order valence-corrected chi connectivity index (χ3v) is 4.62. The number of benzene rings is 2. The minimum atomic E-state index is 0.310. The number of rotatable bonds is 6. The first-order valence-corrected chi connectivity index (χ1v) is 8.68. The van der Waals surface area contributed by atoms with Crippen molar-refractivity contribution in [1.29, 1.82) is 0 Å². The molecule has 0 aromatic heterocycles. The minimum absolute atomic E-state index is 0.310. The Hall–Kier alpha value is -1.41. The summed E-state index contributed by atoms with van der Waals surface area (Å²) in [6, 6.07) is 17.8. The summed E-state index contributed by atoms with van der Waals surface area (Å²) in [5.41, 5.74) is 3.95. The Kier molecular flexibility index (Phi) is 5.75. The van der Waals surface area contributed by atoms with Crippen LogP contribution in [0, 0.1) is 0 Å². The zero-order valence-corrected chi connectivity index (χ0v) is 14.2. The van der Waals surface area contributed by atoms with E-state index in [-0.39, 0.29) is 0 Å². The number of anilines is 1. The van der Waals surface area contributed by atoms with Gasteiger partial charge >= 0.3 is 0 Å². The van der Waals surface area contributed by atoms with Crippen LogP contribution in [0.4, 0.5) is 5.69 Å². The lowest BCUT2D eigenvalue weighted by Crippen LogP contribution is -2.07. The van der Waals surface area contributed by atoms with E-state index in [9.17, 15) is 0 Å². The molecule has 0 amide bonds. The Morgan fingerprint density at radius 2 is 1.52 bits per heavy atom. The van der Waals surface area contributed by atoms with E-state index in [0.29, 0.717) is 12.0 Å². The van der Waals surface area contributed by atoms with Crippen molar-refractivity contribution in [2.75, 3.05) is 11.1 Å². The number of hydrogen-bond acceptors (Lipinski definition) is 2. The van der Waals surface area contributed by atoms with Crippen molar-refractivity contribution in [2.24, 2.45) is 0 Å². The van der Waals surface area contributed by atoms with Gasteiger partial charge in [-0.25, -0.2) is 0 Å². The number of thioether (sulfide) groups is 1. The van der Waals surface area contributed by atoms with Crippen LogP contribution in [-0.4, -0.2) is 5.75 Å². The number of para-hydroxylation sites is 1. The van der Waals surface area contributed by atoms with E-state index in [0.717, 1.165) is 5.75 Å². The zero-order chi connectivity index (χ0) is 15.2. The van der Waals surface area contributed by atoms with E-state index in [1.165, 1.54) is 21.7 Å². The van der Waals surface area contributed by atoms with Gasteiger partial charge < -0.3 is 5.32 Å². The van der Waals surface area contributed by atoms with Gasteiger partial charge in [0.1, 0.15) is 0 Å². The summed E-state index contributed by atoms with van der Waals surface area (Å²) in [5.74, 6) is 1.68. The third-order valence-electron chi connectivity index (χ3n) is 3.66. The van der Waals surface area contributed by atoms with Crippen molar-refractivity contribution < 1.29 is 0 Å². The first-order chi connectivity index (χ1) is 10.1. The molecule has 2 heteroatoms. The lowest BCUT2D eigenvalue weighted by molar-refractivity contribution is 0.850. The molecule has 0 radical (unpaired) electrons. The maximum absolute atomic E-state index is 3.64. The van der Waals surface area contributed by atoms with Crippen LogP contribution in [0.25, 0.3) is 0 Å². The highest BCUT2D eigenvalue weighted by Crippen LogP contribution is 2.30. The molecule has 0 aliphatic carbocycles. The van der Waals surface area contributed by atoms with Gasteiger partial charge in [0, 0.05) is 16.6 Å². The summed E-state index contributed by atoms with van der Waals surface area (Å²) in [4.78, 5) is 1.32. The molecule has 2 aromatic carbocycles. The van der Waals surface area contributed by atoms with Crippen LogP contribution in [0.2, 0.25) is 0 Å². The number of nitrogens with one attached hydrogen (secondary N) is 1. The predicted molar refractivity (Wildman–Crippen MR) is 95.4 cm³/mol. The van der Waals surface area contributed by atoms with Gasteiger partial charge in [-0.1, -0.05) is 57.2 Å². The van der Waals surface area contributed by atoms with Crippen molar-refractivity contribution in [3.8, 4) is 0 Å². The summed E-state index contributed by atoms with van der Waals surface area (Å²) >= 11 is 1.88. The van der Waals surface area contributed by atoms with Gasteiger partial charge in [-0.2, -0.15) is 0 Å². The second-order valence-corrected chi connectivity index (χ2v) is 6.92. The molecule has 1 N–H and O–H groups in total. The summed E-state index contributed by atoms with van der Waals surface area (Å²) in [5, 5.41) is 3.64. The van der Waals surface area contributed by atoms with E-state index < -0.39 is 0 Å². The van der Waals surface area contributed by atoms with Crippen molar-refractivity contribution >= 4 is 17.4 Å². The Bertz CT molecular complexity index is 560. The smallest absolute Gasteiger partial charge is 0.0486 e. The van der Waals surface area contributed by atoms with Gasteiger partial charge in [-0.15, -0.1) is 11.8 Å². The highest BCUT2D eigenvalue weighted by atomic mass is 32.2. The first-order valence-electron chi connectivity index (χ1n) is 7.70. The average molecular weight is 299 g/mol. The highest BCUT2D eigenvalue weighted by molar-refractivity contribution is 7.99.